The van der Waals surface area contributed by atoms with E-state index in [1.165, 1.54) is 14.2 Å². The van der Waals surface area contributed by atoms with Crippen LogP contribution in [0.1, 0.15) is 79.6 Å². The van der Waals surface area contributed by atoms with Gasteiger partial charge in [-0.1, -0.05) is 39.3 Å². The minimum atomic E-state index is -1.06. The van der Waals surface area contributed by atoms with E-state index in [9.17, 15) is 19.5 Å². The van der Waals surface area contributed by atoms with Gasteiger partial charge in [-0.3, -0.25) is 14.4 Å². The highest BCUT2D eigenvalue weighted by atomic mass is 16.6. The number of carbonyl (C=O) groups is 3. The summed E-state index contributed by atoms with van der Waals surface area (Å²) < 4.78 is 17.6. The van der Waals surface area contributed by atoms with Crippen molar-refractivity contribution in [1.29, 1.82) is 0 Å². The number of hydrogen-bond acceptors (Lipinski definition) is 8. The van der Waals surface area contributed by atoms with Crippen LogP contribution in [0.3, 0.4) is 0 Å². The van der Waals surface area contributed by atoms with Gasteiger partial charge in [0.1, 0.15) is 17.6 Å². The third-order valence-electron chi connectivity index (χ3n) is 12.2. The molecule has 6 aliphatic rings. The molecule has 3 aliphatic carbocycles. The molecule has 2 bridgehead atoms. The van der Waals surface area contributed by atoms with Gasteiger partial charge in [-0.15, -0.1) is 0 Å². The highest BCUT2D eigenvalue weighted by molar-refractivity contribution is 5.99. The maximum absolute atomic E-state index is 14.2. The quantitative estimate of drug-likeness (QED) is 0.408. The predicted octanol–water partition coefficient (Wildman–Crippen LogP) is 4.16. The van der Waals surface area contributed by atoms with Crippen molar-refractivity contribution in [2.45, 2.75) is 104 Å². The summed E-state index contributed by atoms with van der Waals surface area (Å²) in [6.07, 6.45) is 6.93. The second kappa shape index (κ2) is 8.98. The number of carbonyl (C=O) groups excluding carboxylic acids is 3. The highest BCUT2D eigenvalue weighted by Crippen LogP contribution is 2.72. The van der Waals surface area contributed by atoms with Crippen LogP contribution in [0, 0.1) is 39.9 Å². The number of Topliss-reactive ketones (excluding diaryl/α,β-unsaturated/α-hetero) is 1. The van der Waals surface area contributed by atoms with E-state index in [-0.39, 0.29) is 48.3 Å². The number of ketones is 2. The van der Waals surface area contributed by atoms with Crippen LogP contribution in [0.25, 0.3) is 0 Å². The standard InChI is InChI=1S/C32H45NO7/c1-17-10-20-19(21(34)11-17)13-22(35)27-29(20,3)15-24-30(4,31(27,5)16-25(36)38-6)8-9-32-14-18(2)12-23(40-32)26(33(24)32)28(37)39-7/h11,15,18-20,23,26-28,37H,8-10,12-14,16H2,1-7H3/t18-,19-,20+,23+,26?,27-,28?,29-,30+,31-,32-/m0/s1. The number of fused-ring (bicyclic) bond motifs is 6. The molecule has 3 heterocycles. The number of aliphatic hydroxyl groups excluding tert-OH is 1. The van der Waals surface area contributed by atoms with Crippen molar-refractivity contribution in [3.63, 3.8) is 0 Å². The van der Waals surface area contributed by atoms with Gasteiger partial charge in [-0.2, -0.15) is 0 Å². The molecule has 8 nitrogen and oxygen atoms in total. The summed E-state index contributed by atoms with van der Waals surface area (Å²) in [4.78, 5) is 42.9. The van der Waals surface area contributed by atoms with Gasteiger partial charge >= 0.3 is 5.97 Å². The summed E-state index contributed by atoms with van der Waals surface area (Å²) in [5.74, 6) is -0.707. The lowest BCUT2D eigenvalue weighted by atomic mass is 9.38. The monoisotopic (exact) mass is 555 g/mol. The van der Waals surface area contributed by atoms with Crippen molar-refractivity contribution in [3.8, 4) is 0 Å². The third-order valence-corrected chi connectivity index (χ3v) is 12.2. The van der Waals surface area contributed by atoms with E-state index >= 15 is 0 Å². The summed E-state index contributed by atoms with van der Waals surface area (Å²) in [7, 11) is 2.92. The first kappa shape index (κ1) is 28.1. The number of ether oxygens (including phenoxy) is 3. The zero-order chi connectivity index (χ0) is 29.0. The molecule has 0 aromatic carbocycles. The van der Waals surface area contributed by atoms with Gasteiger partial charge in [-0.25, -0.2) is 0 Å². The Hall–Kier alpha value is -2.03. The Bertz CT molecular complexity index is 1210. The van der Waals surface area contributed by atoms with Crippen LogP contribution in [0.4, 0.5) is 0 Å². The molecule has 0 aromatic heterocycles. The van der Waals surface area contributed by atoms with Crippen molar-refractivity contribution >= 4 is 17.5 Å². The van der Waals surface area contributed by atoms with Crippen LogP contribution in [0.15, 0.2) is 23.4 Å². The number of esters is 1. The van der Waals surface area contributed by atoms with Crippen LogP contribution < -0.4 is 0 Å². The Balaban J connectivity index is 1.61. The van der Waals surface area contributed by atoms with Crippen molar-refractivity contribution in [3.05, 3.63) is 23.4 Å². The molecule has 3 aliphatic heterocycles. The second-order valence-electron chi connectivity index (χ2n) is 14.4. The van der Waals surface area contributed by atoms with Gasteiger partial charge in [0, 0.05) is 41.9 Å². The Morgan fingerprint density at radius 2 is 1.93 bits per heavy atom. The fraction of sp³-hybridized carbons (Fsp3) is 0.781. The lowest BCUT2D eigenvalue weighted by Crippen LogP contribution is -2.68. The van der Waals surface area contributed by atoms with Gasteiger partial charge in [-0.05, 0) is 62.4 Å². The average molecular weight is 556 g/mol. The largest absolute Gasteiger partial charge is 0.469 e. The summed E-state index contributed by atoms with van der Waals surface area (Å²) in [6.45, 7) is 10.7. The second-order valence-corrected chi connectivity index (χ2v) is 14.4. The molecular weight excluding hydrogens is 510 g/mol. The number of allylic oxidation sites excluding steroid dienone is 4. The van der Waals surface area contributed by atoms with Crippen molar-refractivity contribution < 1.29 is 33.7 Å². The molecule has 1 saturated carbocycles. The number of aliphatic hydroxyl groups is 1. The number of rotatable bonds is 4. The molecule has 0 amide bonds. The topological polar surface area (TPSA) is 102 Å². The first-order valence-corrected chi connectivity index (χ1v) is 15.0. The molecule has 220 valence electrons. The van der Waals surface area contributed by atoms with Crippen LogP contribution in [0.5, 0.6) is 0 Å². The van der Waals surface area contributed by atoms with E-state index in [4.69, 9.17) is 14.2 Å². The lowest BCUT2D eigenvalue weighted by Gasteiger charge is -2.68. The Morgan fingerprint density at radius 1 is 1.20 bits per heavy atom. The minimum absolute atomic E-state index is 0.0326. The van der Waals surface area contributed by atoms with Crippen molar-refractivity contribution in [2.75, 3.05) is 14.2 Å². The van der Waals surface area contributed by atoms with Gasteiger partial charge in [0.15, 0.2) is 12.1 Å². The molecule has 3 saturated heterocycles. The summed E-state index contributed by atoms with van der Waals surface area (Å²) in [6, 6.07) is -0.409. The maximum Gasteiger partial charge on any atom is 0.306 e. The fourth-order valence-electron chi connectivity index (χ4n) is 10.4. The van der Waals surface area contributed by atoms with Crippen LogP contribution >= 0.6 is 0 Å². The molecule has 0 radical (unpaired) electrons. The molecule has 1 spiro atoms. The zero-order valence-electron chi connectivity index (χ0n) is 25.0. The molecule has 1 N–H and O–H groups in total. The first-order chi connectivity index (χ1) is 18.7. The van der Waals surface area contributed by atoms with Crippen molar-refractivity contribution in [1.82, 2.24) is 4.90 Å². The van der Waals surface area contributed by atoms with Gasteiger partial charge in [0.2, 0.25) is 0 Å². The predicted molar refractivity (Wildman–Crippen MR) is 146 cm³/mol. The van der Waals surface area contributed by atoms with E-state index in [0.29, 0.717) is 5.92 Å². The van der Waals surface area contributed by atoms with E-state index in [1.807, 2.05) is 6.92 Å². The first-order valence-electron chi connectivity index (χ1n) is 15.0. The fourth-order valence-corrected chi connectivity index (χ4v) is 10.4. The number of piperidine rings is 1. The normalized spacial score (nSPS) is 48.2. The van der Waals surface area contributed by atoms with E-state index in [1.54, 1.807) is 6.08 Å². The van der Waals surface area contributed by atoms with Gasteiger partial charge < -0.3 is 24.2 Å². The Labute approximate surface area is 237 Å². The molecule has 40 heavy (non-hydrogen) atoms. The highest BCUT2D eigenvalue weighted by Gasteiger charge is 2.72. The summed E-state index contributed by atoms with van der Waals surface area (Å²) in [5.41, 5.74) is -0.543. The van der Waals surface area contributed by atoms with E-state index < -0.39 is 40.2 Å². The summed E-state index contributed by atoms with van der Waals surface area (Å²) >= 11 is 0. The number of methoxy groups -OCH3 is 2. The summed E-state index contributed by atoms with van der Waals surface area (Å²) in [5, 5.41) is 11.3. The van der Waals surface area contributed by atoms with Gasteiger partial charge in [0.05, 0.1) is 19.6 Å². The number of hydrogen-bond donors (Lipinski definition) is 1. The van der Waals surface area contributed by atoms with Crippen LogP contribution in [0.2, 0.25) is 0 Å². The SMILES string of the molecule is COC(=O)C[C@@]1(C)[C@H]2C(=O)C[C@@H]3C(=O)C=C(C)C[C@H]3[C@]2(C)C=C2N3C(C(O)OC)[C@H]4C[C@H](C)C[C@]3(CC[C@]21C)O4. The van der Waals surface area contributed by atoms with Gasteiger partial charge in [0.25, 0.3) is 0 Å². The molecular formula is C32H45NO7. The Kier molecular flexibility index (Phi) is 6.31. The molecule has 11 atom stereocenters. The maximum atomic E-state index is 14.2. The molecule has 6 rings (SSSR count). The third kappa shape index (κ3) is 3.51. The van der Waals surface area contributed by atoms with E-state index in [2.05, 4.69) is 38.7 Å². The average Bonchev–Trinajstić information content (AvgIpc) is 3.12. The molecule has 2 unspecified atom stereocenters. The Morgan fingerprint density at radius 3 is 2.60 bits per heavy atom. The van der Waals surface area contributed by atoms with Crippen LogP contribution in [-0.4, -0.2) is 65.9 Å². The lowest BCUT2D eigenvalue weighted by molar-refractivity contribution is -0.202. The molecule has 4 fully saturated rings. The van der Waals surface area contributed by atoms with E-state index in [0.717, 1.165) is 43.4 Å². The number of nitrogens with zero attached hydrogens (tertiary/aromatic N) is 1. The molecule has 0 aromatic rings. The van der Waals surface area contributed by atoms with Crippen LogP contribution in [-0.2, 0) is 28.6 Å². The zero-order valence-corrected chi connectivity index (χ0v) is 25.0. The minimum Gasteiger partial charge on any atom is -0.469 e. The van der Waals surface area contributed by atoms with Crippen molar-refractivity contribution in [2.24, 2.45) is 39.9 Å². The molecule has 8 heteroatoms. The smallest absolute Gasteiger partial charge is 0.306 e.